The maximum atomic E-state index is 12.0. The van der Waals surface area contributed by atoms with Gasteiger partial charge in [-0.1, -0.05) is 26.0 Å². The predicted octanol–water partition coefficient (Wildman–Crippen LogP) is 3.53. The smallest absolute Gasteiger partial charge is 0.244 e. The van der Waals surface area contributed by atoms with Gasteiger partial charge >= 0.3 is 0 Å². The molecule has 150 valence electrons. The molecule has 0 spiro atoms. The third-order valence-electron chi connectivity index (χ3n) is 3.62. The number of hydrogen-bond acceptors (Lipinski definition) is 4. The van der Waals surface area contributed by atoms with Gasteiger partial charge in [-0.3, -0.25) is 9.59 Å². The van der Waals surface area contributed by atoms with Crippen molar-refractivity contribution in [1.29, 1.82) is 0 Å². The van der Waals surface area contributed by atoms with Crippen LogP contribution in [0.15, 0.2) is 47.4 Å². The molecule has 0 unspecified atom stereocenters. The highest BCUT2D eigenvalue weighted by Gasteiger charge is 2.05. The zero-order valence-corrected chi connectivity index (χ0v) is 16.8. The Kier molecular flexibility index (Phi) is 7.87. The molecule has 2 aromatic rings. The Morgan fingerprint density at radius 3 is 2.68 bits per heavy atom. The van der Waals surface area contributed by atoms with E-state index in [1.165, 1.54) is 18.3 Å². The number of carbonyl (C=O) groups is 1. The molecule has 28 heavy (non-hydrogen) atoms. The molecule has 0 aliphatic rings. The maximum absolute atomic E-state index is 12.0. The van der Waals surface area contributed by atoms with Crippen molar-refractivity contribution in [3.63, 3.8) is 0 Å². The van der Waals surface area contributed by atoms with Gasteiger partial charge in [-0.2, -0.15) is 0 Å². The number of pyridine rings is 1. The second-order valence-corrected chi connectivity index (χ2v) is 7.18. The Morgan fingerprint density at radius 1 is 1.21 bits per heavy atom. The number of amides is 1. The van der Waals surface area contributed by atoms with Crippen LogP contribution in [0.2, 0.25) is 0 Å². The van der Waals surface area contributed by atoms with Crippen molar-refractivity contribution in [2.45, 2.75) is 40.3 Å². The Labute approximate surface area is 165 Å². The van der Waals surface area contributed by atoms with E-state index in [2.05, 4.69) is 10.3 Å². The van der Waals surface area contributed by atoms with Crippen LogP contribution in [0, 0.1) is 5.92 Å². The first kappa shape index (κ1) is 21.3. The lowest BCUT2D eigenvalue weighted by atomic mass is 10.2. The van der Waals surface area contributed by atoms with E-state index in [9.17, 15) is 9.59 Å². The summed E-state index contributed by atoms with van der Waals surface area (Å²) >= 11 is 0. The lowest BCUT2D eigenvalue weighted by molar-refractivity contribution is -0.116. The standard InChI is InChI=1S/C22H28N2O4/c1-15(2)14-27-21-13-23-18(11-20(21)25)12-24-22(26)9-8-17-6-5-7-19(10-17)28-16(3)4/h5-11,13,15-16H,12,14H2,1-4H3,(H,23,25)(H,24,26)/b9-8+. The predicted molar refractivity (Wildman–Crippen MR) is 110 cm³/mol. The van der Waals surface area contributed by atoms with Gasteiger partial charge in [-0.25, -0.2) is 0 Å². The first-order valence-corrected chi connectivity index (χ1v) is 9.40. The number of rotatable bonds is 9. The number of hydrogen-bond donors (Lipinski definition) is 2. The summed E-state index contributed by atoms with van der Waals surface area (Å²) in [6.07, 6.45) is 4.79. The van der Waals surface area contributed by atoms with Crippen LogP contribution in [0.1, 0.15) is 39.0 Å². The van der Waals surface area contributed by atoms with Gasteiger partial charge in [0.2, 0.25) is 11.3 Å². The molecule has 2 N–H and O–H groups in total. The summed E-state index contributed by atoms with van der Waals surface area (Å²) in [5, 5.41) is 2.74. The van der Waals surface area contributed by atoms with E-state index in [1.54, 1.807) is 6.08 Å². The molecule has 0 saturated carbocycles. The highest BCUT2D eigenvalue weighted by Crippen LogP contribution is 2.15. The van der Waals surface area contributed by atoms with E-state index in [-0.39, 0.29) is 29.7 Å². The van der Waals surface area contributed by atoms with Crippen molar-refractivity contribution < 1.29 is 14.3 Å². The van der Waals surface area contributed by atoms with Crippen molar-refractivity contribution in [2.24, 2.45) is 5.92 Å². The van der Waals surface area contributed by atoms with Gasteiger partial charge in [-0.15, -0.1) is 0 Å². The molecule has 1 aromatic heterocycles. The van der Waals surface area contributed by atoms with Crippen LogP contribution in [0.4, 0.5) is 0 Å². The van der Waals surface area contributed by atoms with Crippen molar-refractivity contribution >= 4 is 12.0 Å². The lowest BCUT2D eigenvalue weighted by Crippen LogP contribution is -2.22. The Morgan fingerprint density at radius 2 is 2.00 bits per heavy atom. The molecule has 0 radical (unpaired) electrons. The molecular weight excluding hydrogens is 356 g/mol. The van der Waals surface area contributed by atoms with Crippen molar-refractivity contribution in [3.8, 4) is 11.5 Å². The van der Waals surface area contributed by atoms with Gasteiger partial charge in [0.25, 0.3) is 0 Å². The maximum Gasteiger partial charge on any atom is 0.244 e. The second-order valence-electron chi connectivity index (χ2n) is 7.18. The van der Waals surface area contributed by atoms with Gasteiger partial charge in [0.1, 0.15) is 5.75 Å². The Hall–Kier alpha value is -3.02. The normalized spacial score (nSPS) is 11.2. The summed E-state index contributed by atoms with van der Waals surface area (Å²) in [5.74, 6) is 1.13. The van der Waals surface area contributed by atoms with E-state index < -0.39 is 0 Å². The van der Waals surface area contributed by atoms with Crippen molar-refractivity contribution in [2.75, 3.05) is 6.61 Å². The Bertz CT molecular complexity index is 869. The molecule has 0 aliphatic heterocycles. The summed E-state index contributed by atoms with van der Waals surface area (Å²) in [6, 6.07) is 8.96. The minimum Gasteiger partial charge on any atom is -0.491 e. The van der Waals surface area contributed by atoms with Crippen molar-refractivity contribution in [3.05, 3.63) is 64.1 Å². The molecule has 0 bridgehead atoms. The number of carbonyl (C=O) groups excluding carboxylic acids is 1. The Balaban J connectivity index is 1.89. The van der Waals surface area contributed by atoms with Crippen LogP contribution in [-0.4, -0.2) is 23.6 Å². The van der Waals surface area contributed by atoms with E-state index in [4.69, 9.17) is 9.47 Å². The largest absolute Gasteiger partial charge is 0.491 e. The molecule has 0 atom stereocenters. The van der Waals surface area contributed by atoms with E-state index >= 15 is 0 Å². The summed E-state index contributed by atoms with van der Waals surface area (Å²) in [6.45, 7) is 8.65. The van der Waals surface area contributed by atoms with Crippen LogP contribution in [-0.2, 0) is 11.3 Å². The quantitative estimate of drug-likeness (QED) is 0.648. The molecule has 0 fully saturated rings. The van der Waals surface area contributed by atoms with E-state index in [0.29, 0.717) is 18.2 Å². The minimum absolute atomic E-state index is 0.0897. The molecule has 0 saturated heterocycles. The SMILES string of the molecule is CC(C)COc1c[nH]c(CNC(=O)/C=C/c2cccc(OC(C)C)c2)cc1=O. The number of nitrogens with one attached hydrogen (secondary N) is 2. The van der Waals surface area contributed by atoms with Gasteiger partial charge in [-0.05, 0) is 43.5 Å². The summed E-state index contributed by atoms with van der Waals surface area (Å²) in [4.78, 5) is 27.0. The van der Waals surface area contributed by atoms with Gasteiger partial charge < -0.3 is 19.8 Å². The third kappa shape index (κ3) is 7.31. The topological polar surface area (TPSA) is 80.4 Å². The summed E-state index contributed by atoms with van der Waals surface area (Å²) in [7, 11) is 0. The first-order valence-electron chi connectivity index (χ1n) is 9.40. The number of H-pyrrole nitrogens is 1. The summed E-state index contributed by atoms with van der Waals surface area (Å²) < 4.78 is 11.1. The summed E-state index contributed by atoms with van der Waals surface area (Å²) in [5.41, 5.74) is 1.27. The number of aromatic nitrogens is 1. The first-order chi connectivity index (χ1) is 13.3. The molecule has 2 rings (SSSR count). The fourth-order valence-electron chi connectivity index (χ4n) is 2.35. The molecule has 6 heteroatoms. The van der Waals surface area contributed by atoms with Crippen LogP contribution >= 0.6 is 0 Å². The highest BCUT2D eigenvalue weighted by atomic mass is 16.5. The second kappa shape index (κ2) is 10.3. The van der Waals surface area contributed by atoms with Crippen LogP contribution in [0.25, 0.3) is 6.08 Å². The van der Waals surface area contributed by atoms with E-state index in [1.807, 2.05) is 52.0 Å². The molecular formula is C22H28N2O4. The van der Waals surface area contributed by atoms with Gasteiger partial charge in [0.15, 0.2) is 5.75 Å². The fraction of sp³-hybridized carbons (Fsp3) is 0.364. The van der Waals surface area contributed by atoms with Gasteiger partial charge in [0.05, 0.1) is 19.3 Å². The van der Waals surface area contributed by atoms with Crippen LogP contribution < -0.4 is 20.2 Å². The third-order valence-corrected chi connectivity index (χ3v) is 3.62. The number of aromatic amines is 1. The molecule has 1 heterocycles. The van der Waals surface area contributed by atoms with Gasteiger partial charge in [0, 0.05) is 24.0 Å². The average molecular weight is 384 g/mol. The fourth-order valence-corrected chi connectivity index (χ4v) is 2.35. The average Bonchev–Trinajstić information content (AvgIpc) is 2.63. The molecule has 0 aliphatic carbocycles. The number of ether oxygens (including phenoxy) is 2. The zero-order chi connectivity index (χ0) is 20.5. The lowest BCUT2D eigenvalue weighted by Gasteiger charge is -2.09. The molecule has 6 nitrogen and oxygen atoms in total. The van der Waals surface area contributed by atoms with Crippen LogP contribution in [0.5, 0.6) is 11.5 Å². The monoisotopic (exact) mass is 384 g/mol. The highest BCUT2D eigenvalue weighted by molar-refractivity contribution is 5.91. The zero-order valence-electron chi connectivity index (χ0n) is 16.8. The van der Waals surface area contributed by atoms with Crippen molar-refractivity contribution in [1.82, 2.24) is 10.3 Å². The molecule has 1 aromatic carbocycles. The van der Waals surface area contributed by atoms with Crippen LogP contribution in [0.3, 0.4) is 0 Å². The number of benzene rings is 1. The minimum atomic E-state index is -0.254. The van der Waals surface area contributed by atoms with E-state index in [0.717, 1.165) is 11.3 Å². The molecule has 1 amide bonds.